The van der Waals surface area contributed by atoms with E-state index in [2.05, 4.69) is 23.7 Å². The molecule has 16 heavy (non-hydrogen) atoms. The SMILES string of the molecule is CSCCCCNC(C)c1c(C)noc1C. The molecule has 0 aromatic carbocycles. The lowest BCUT2D eigenvalue weighted by molar-refractivity contribution is 0.390. The molecule has 1 unspecified atom stereocenters. The van der Waals surface area contributed by atoms with E-state index in [1.54, 1.807) is 0 Å². The third-order valence-electron chi connectivity index (χ3n) is 2.75. The second-order valence-electron chi connectivity index (χ2n) is 4.11. The first-order chi connectivity index (χ1) is 7.66. The van der Waals surface area contributed by atoms with E-state index in [1.165, 1.54) is 24.2 Å². The van der Waals surface area contributed by atoms with Crippen molar-refractivity contribution in [1.29, 1.82) is 0 Å². The lowest BCUT2D eigenvalue weighted by Gasteiger charge is -2.13. The lowest BCUT2D eigenvalue weighted by Crippen LogP contribution is -2.20. The van der Waals surface area contributed by atoms with Crippen molar-refractivity contribution in [2.45, 2.75) is 39.7 Å². The zero-order valence-corrected chi connectivity index (χ0v) is 11.5. The van der Waals surface area contributed by atoms with Crippen LogP contribution in [0.3, 0.4) is 0 Å². The Morgan fingerprint density at radius 1 is 1.38 bits per heavy atom. The van der Waals surface area contributed by atoms with Crippen LogP contribution < -0.4 is 5.32 Å². The Bertz CT molecular complexity index is 292. The minimum atomic E-state index is 0.334. The maximum Gasteiger partial charge on any atom is 0.138 e. The van der Waals surface area contributed by atoms with E-state index >= 15 is 0 Å². The van der Waals surface area contributed by atoms with Crippen LogP contribution in [0.5, 0.6) is 0 Å². The molecule has 0 fully saturated rings. The highest BCUT2D eigenvalue weighted by molar-refractivity contribution is 7.98. The Hall–Kier alpha value is -0.480. The van der Waals surface area contributed by atoms with Gasteiger partial charge in [0.05, 0.1) is 5.69 Å². The topological polar surface area (TPSA) is 38.1 Å². The molecule has 0 aliphatic heterocycles. The normalized spacial score (nSPS) is 13.0. The molecule has 0 spiro atoms. The summed E-state index contributed by atoms with van der Waals surface area (Å²) >= 11 is 1.91. The molecule has 1 aromatic rings. The smallest absolute Gasteiger partial charge is 0.138 e. The highest BCUT2D eigenvalue weighted by Gasteiger charge is 2.15. The van der Waals surface area contributed by atoms with Gasteiger partial charge in [0.25, 0.3) is 0 Å². The van der Waals surface area contributed by atoms with Gasteiger partial charge in [-0.05, 0) is 52.2 Å². The standard InChI is InChI=1S/C12H22N2OS/c1-9(13-7-5-6-8-16-4)12-10(2)14-15-11(12)3/h9,13H,5-8H2,1-4H3. The van der Waals surface area contributed by atoms with Crippen molar-refractivity contribution in [3.63, 3.8) is 0 Å². The first-order valence-corrected chi connectivity index (χ1v) is 7.21. The van der Waals surface area contributed by atoms with E-state index in [0.717, 1.165) is 18.0 Å². The van der Waals surface area contributed by atoms with E-state index in [-0.39, 0.29) is 0 Å². The van der Waals surface area contributed by atoms with Crippen LogP contribution in [0.15, 0.2) is 4.52 Å². The molecular weight excluding hydrogens is 220 g/mol. The van der Waals surface area contributed by atoms with Gasteiger partial charge >= 0.3 is 0 Å². The number of aromatic nitrogens is 1. The number of nitrogens with one attached hydrogen (secondary N) is 1. The van der Waals surface area contributed by atoms with E-state index in [1.807, 2.05) is 25.6 Å². The molecule has 0 bridgehead atoms. The average molecular weight is 242 g/mol. The second-order valence-corrected chi connectivity index (χ2v) is 5.10. The van der Waals surface area contributed by atoms with Gasteiger partial charge in [0.15, 0.2) is 0 Å². The van der Waals surface area contributed by atoms with Gasteiger partial charge in [-0.2, -0.15) is 11.8 Å². The number of thioether (sulfide) groups is 1. The summed E-state index contributed by atoms with van der Waals surface area (Å²) in [5.74, 6) is 2.18. The number of rotatable bonds is 7. The molecule has 0 aliphatic rings. The van der Waals surface area contributed by atoms with Crippen LogP contribution in [-0.4, -0.2) is 23.7 Å². The Morgan fingerprint density at radius 2 is 2.12 bits per heavy atom. The second kappa shape index (κ2) is 6.97. The molecule has 3 nitrogen and oxygen atoms in total. The summed E-state index contributed by atoms with van der Waals surface area (Å²) in [4.78, 5) is 0. The number of nitrogens with zero attached hydrogens (tertiary/aromatic N) is 1. The molecule has 0 aliphatic carbocycles. The van der Waals surface area contributed by atoms with Gasteiger partial charge in [-0.25, -0.2) is 0 Å². The Balaban J connectivity index is 2.32. The molecule has 0 saturated carbocycles. The first-order valence-electron chi connectivity index (χ1n) is 5.82. The van der Waals surface area contributed by atoms with E-state index in [0.29, 0.717) is 6.04 Å². The summed E-state index contributed by atoms with van der Waals surface area (Å²) < 4.78 is 5.17. The summed E-state index contributed by atoms with van der Waals surface area (Å²) in [5.41, 5.74) is 2.21. The van der Waals surface area contributed by atoms with Gasteiger partial charge < -0.3 is 9.84 Å². The Kier molecular flexibility index (Phi) is 5.91. The van der Waals surface area contributed by atoms with E-state index < -0.39 is 0 Å². The maximum absolute atomic E-state index is 5.17. The predicted octanol–water partition coefficient (Wildman–Crippen LogP) is 3.09. The van der Waals surface area contributed by atoms with Crippen molar-refractivity contribution < 1.29 is 4.52 Å². The highest BCUT2D eigenvalue weighted by atomic mass is 32.2. The molecule has 1 aromatic heterocycles. The van der Waals surface area contributed by atoms with Crippen molar-refractivity contribution in [3.05, 3.63) is 17.0 Å². The number of hydrogen-bond acceptors (Lipinski definition) is 4. The summed E-state index contributed by atoms with van der Waals surface area (Å²) in [5, 5.41) is 7.49. The van der Waals surface area contributed by atoms with Crippen molar-refractivity contribution >= 4 is 11.8 Å². The van der Waals surface area contributed by atoms with Gasteiger partial charge in [-0.1, -0.05) is 5.16 Å². The third kappa shape index (κ3) is 3.83. The first kappa shape index (κ1) is 13.6. The number of unbranched alkanes of at least 4 members (excludes halogenated alkanes) is 1. The third-order valence-corrected chi connectivity index (χ3v) is 3.44. The fourth-order valence-electron chi connectivity index (χ4n) is 1.90. The zero-order valence-electron chi connectivity index (χ0n) is 10.7. The van der Waals surface area contributed by atoms with Gasteiger partial charge in [0.1, 0.15) is 5.76 Å². The zero-order chi connectivity index (χ0) is 12.0. The van der Waals surface area contributed by atoms with Crippen molar-refractivity contribution in [2.24, 2.45) is 0 Å². The van der Waals surface area contributed by atoms with Gasteiger partial charge in [-0.3, -0.25) is 0 Å². The van der Waals surface area contributed by atoms with Gasteiger partial charge in [0, 0.05) is 11.6 Å². The minimum Gasteiger partial charge on any atom is -0.361 e. The minimum absolute atomic E-state index is 0.334. The largest absolute Gasteiger partial charge is 0.361 e. The summed E-state index contributed by atoms with van der Waals surface area (Å²) in [7, 11) is 0. The quantitative estimate of drug-likeness (QED) is 0.746. The summed E-state index contributed by atoms with van der Waals surface area (Å²) in [6.45, 7) is 7.20. The van der Waals surface area contributed by atoms with Gasteiger partial charge in [0.2, 0.25) is 0 Å². The Morgan fingerprint density at radius 3 is 2.69 bits per heavy atom. The number of aryl methyl sites for hydroxylation is 2. The fourth-order valence-corrected chi connectivity index (χ4v) is 2.39. The van der Waals surface area contributed by atoms with E-state index in [4.69, 9.17) is 4.52 Å². The molecule has 92 valence electrons. The highest BCUT2D eigenvalue weighted by Crippen LogP contribution is 2.20. The molecule has 1 rings (SSSR count). The van der Waals surface area contributed by atoms with Crippen molar-refractivity contribution in [1.82, 2.24) is 10.5 Å². The molecule has 4 heteroatoms. The van der Waals surface area contributed by atoms with Crippen LogP contribution in [-0.2, 0) is 0 Å². The Labute approximate surface area is 102 Å². The van der Waals surface area contributed by atoms with Crippen LogP contribution in [0.2, 0.25) is 0 Å². The van der Waals surface area contributed by atoms with E-state index in [9.17, 15) is 0 Å². The van der Waals surface area contributed by atoms with Gasteiger partial charge in [-0.15, -0.1) is 0 Å². The van der Waals surface area contributed by atoms with Crippen LogP contribution in [0, 0.1) is 13.8 Å². The summed E-state index contributed by atoms with van der Waals surface area (Å²) in [6.07, 6.45) is 4.66. The van der Waals surface area contributed by atoms with Crippen molar-refractivity contribution in [2.75, 3.05) is 18.6 Å². The monoisotopic (exact) mass is 242 g/mol. The molecular formula is C12H22N2OS. The molecule has 0 saturated heterocycles. The predicted molar refractivity (Wildman–Crippen MR) is 70.0 cm³/mol. The van der Waals surface area contributed by atoms with Crippen LogP contribution in [0.4, 0.5) is 0 Å². The lowest BCUT2D eigenvalue weighted by atomic mass is 10.1. The molecule has 1 heterocycles. The van der Waals surface area contributed by atoms with Crippen molar-refractivity contribution in [3.8, 4) is 0 Å². The summed E-state index contributed by atoms with van der Waals surface area (Å²) in [6, 6.07) is 0.334. The fraction of sp³-hybridized carbons (Fsp3) is 0.750. The van der Waals surface area contributed by atoms with Crippen LogP contribution >= 0.6 is 11.8 Å². The number of hydrogen-bond donors (Lipinski definition) is 1. The molecule has 0 amide bonds. The average Bonchev–Trinajstić information content (AvgIpc) is 2.58. The van der Waals surface area contributed by atoms with Crippen LogP contribution in [0.25, 0.3) is 0 Å². The molecule has 1 atom stereocenters. The van der Waals surface area contributed by atoms with Crippen LogP contribution in [0.1, 0.15) is 42.8 Å². The maximum atomic E-state index is 5.17. The molecule has 0 radical (unpaired) electrons. The molecule has 1 N–H and O–H groups in total.